The molecular formula is C44H33N3. The fourth-order valence-corrected chi connectivity index (χ4v) is 7.64. The number of nitrogens with zero attached hydrogens (tertiary/aromatic N) is 2. The highest BCUT2D eigenvalue weighted by Gasteiger charge is 2.38. The molecule has 0 radical (unpaired) electrons. The van der Waals surface area contributed by atoms with Gasteiger partial charge in [0.1, 0.15) is 12.0 Å². The zero-order valence-electron chi connectivity index (χ0n) is 26.4. The maximum absolute atomic E-state index is 5.23. The van der Waals surface area contributed by atoms with Crippen molar-refractivity contribution in [1.82, 2.24) is 5.32 Å². The molecule has 0 bridgehead atoms. The summed E-state index contributed by atoms with van der Waals surface area (Å²) in [5, 5.41) is 8.63. The molecule has 0 saturated carbocycles. The molecule has 1 N–H and O–H groups in total. The first-order valence-corrected chi connectivity index (χ1v) is 16.3. The van der Waals surface area contributed by atoms with E-state index in [0.29, 0.717) is 0 Å². The van der Waals surface area contributed by atoms with Crippen LogP contribution < -0.4 is 5.32 Å². The molecule has 0 spiro atoms. The molecule has 1 unspecified atom stereocenters. The van der Waals surface area contributed by atoms with Gasteiger partial charge in [-0.1, -0.05) is 159 Å². The molecule has 47 heavy (non-hydrogen) atoms. The topological polar surface area (TPSA) is 36.8 Å². The molecule has 2 aliphatic rings. The second-order valence-electron chi connectivity index (χ2n) is 13.0. The minimum atomic E-state index is -0.310. The zero-order chi connectivity index (χ0) is 31.5. The van der Waals surface area contributed by atoms with Crippen LogP contribution in [0.5, 0.6) is 0 Å². The lowest BCUT2D eigenvalue weighted by Crippen LogP contribution is -2.33. The summed E-state index contributed by atoms with van der Waals surface area (Å²) < 4.78 is 0. The Morgan fingerprint density at radius 1 is 0.532 bits per heavy atom. The van der Waals surface area contributed by atoms with Crippen LogP contribution in [0.2, 0.25) is 0 Å². The second kappa shape index (κ2) is 10.6. The van der Waals surface area contributed by atoms with Gasteiger partial charge in [0.2, 0.25) is 0 Å². The summed E-state index contributed by atoms with van der Waals surface area (Å²) in [6.07, 6.45) is -0.310. The Bertz CT molecular complexity index is 2400. The Balaban J connectivity index is 1.28. The number of nitrogens with one attached hydrogen (secondary N) is 1. The van der Waals surface area contributed by atoms with Gasteiger partial charge in [0, 0.05) is 22.1 Å². The van der Waals surface area contributed by atoms with Gasteiger partial charge in [-0.15, -0.1) is 0 Å². The van der Waals surface area contributed by atoms with Gasteiger partial charge < -0.3 is 5.32 Å². The average molecular weight is 604 g/mol. The number of fused-ring (bicyclic) bond motifs is 5. The molecule has 1 aliphatic heterocycles. The maximum atomic E-state index is 5.23. The van der Waals surface area contributed by atoms with Crippen molar-refractivity contribution in [3.05, 3.63) is 179 Å². The second-order valence-corrected chi connectivity index (χ2v) is 13.0. The van der Waals surface area contributed by atoms with Crippen molar-refractivity contribution in [3.63, 3.8) is 0 Å². The summed E-state index contributed by atoms with van der Waals surface area (Å²) >= 11 is 0. The van der Waals surface area contributed by atoms with E-state index in [4.69, 9.17) is 9.98 Å². The highest BCUT2D eigenvalue weighted by molar-refractivity contribution is 6.15. The van der Waals surface area contributed by atoms with Gasteiger partial charge in [-0.2, -0.15) is 0 Å². The minimum absolute atomic E-state index is 0.0950. The van der Waals surface area contributed by atoms with Crippen molar-refractivity contribution in [2.24, 2.45) is 9.98 Å². The molecule has 224 valence electrons. The van der Waals surface area contributed by atoms with E-state index < -0.39 is 0 Å². The van der Waals surface area contributed by atoms with E-state index in [1.54, 1.807) is 0 Å². The van der Waals surface area contributed by atoms with Crippen LogP contribution in [-0.2, 0) is 5.41 Å². The zero-order valence-corrected chi connectivity index (χ0v) is 26.4. The van der Waals surface area contributed by atoms with Gasteiger partial charge in [-0.3, -0.25) is 0 Å². The summed E-state index contributed by atoms with van der Waals surface area (Å²) in [5.74, 6) is 1.55. The van der Waals surface area contributed by atoms with Crippen LogP contribution in [0, 0.1) is 0 Å². The summed E-state index contributed by atoms with van der Waals surface area (Å²) in [6, 6.07) is 54.2. The van der Waals surface area contributed by atoms with Crippen LogP contribution >= 0.6 is 0 Å². The molecule has 0 fully saturated rings. The molecule has 0 aromatic heterocycles. The van der Waals surface area contributed by atoms with Gasteiger partial charge in [0.05, 0.1) is 0 Å². The number of aliphatic imine (C=N–C) groups is 2. The first kappa shape index (κ1) is 27.5. The first-order valence-electron chi connectivity index (χ1n) is 16.3. The highest BCUT2D eigenvalue weighted by atomic mass is 15.2. The van der Waals surface area contributed by atoms with Gasteiger partial charge in [-0.25, -0.2) is 9.98 Å². The Morgan fingerprint density at radius 2 is 1.17 bits per heavy atom. The molecular weight excluding hydrogens is 571 g/mol. The summed E-state index contributed by atoms with van der Waals surface area (Å²) in [6.45, 7) is 4.72. The fraction of sp³-hybridized carbons (Fsp3) is 0.0909. The number of amidine groups is 2. The average Bonchev–Trinajstić information content (AvgIpc) is 3.36. The van der Waals surface area contributed by atoms with E-state index in [1.807, 2.05) is 24.3 Å². The van der Waals surface area contributed by atoms with Crippen LogP contribution in [0.25, 0.3) is 43.8 Å². The quantitative estimate of drug-likeness (QED) is 0.214. The van der Waals surface area contributed by atoms with E-state index in [1.165, 1.54) is 54.9 Å². The molecule has 9 rings (SSSR count). The number of benzene rings is 7. The Hall–Kier alpha value is -5.80. The summed E-state index contributed by atoms with van der Waals surface area (Å²) in [4.78, 5) is 10.2. The minimum Gasteiger partial charge on any atom is -0.344 e. The highest BCUT2D eigenvalue weighted by Crippen LogP contribution is 2.55. The molecule has 1 aliphatic carbocycles. The summed E-state index contributed by atoms with van der Waals surface area (Å²) in [5.41, 5.74) is 11.1. The van der Waals surface area contributed by atoms with E-state index in [9.17, 15) is 0 Å². The monoisotopic (exact) mass is 603 g/mol. The first-order chi connectivity index (χ1) is 23.1. The van der Waals surface area contributed by atoms with Crippen molar-refractivity contribution in [2.45, 2.75) is 25.4 Å². The Labute approximate surface area is 275 Å². The van der Waals surface area contributed by atoms with Gasteiger partial charge in [0.15, 0.2) is 5.84 Å². The predicted molar refractivity (Wildman–Crippen MR) is 196 cm³/mol. The Morgan fingerprint density at radius 3 is 1.96 bits per heavy atom. The number of rotatable bonds is 4. The van der Waals surface area contributed by atoms with Crippen LogP contribution in [-0.4, -0.2) is 11.7 Å². The van der Waals surface area contributed by atoms with E-state index in [-0.39, 0.29) is 11.6 Å². The molecule has 1 atom stereocenters. The van der Waals surface area contributed by atoms with Gasteiger partial charge in [-0.05, 0) is 61.0 Å². The molecule has 3 heteroatoms. The van der Waals surface area contributed by atoms with Crippen molar-refractivity contribution < 1.29 is 0 Å². The Kier molecular flexibility index (Phi) is 6.23. The van der Waals surface area contributed by atoms with Crippen molar-refractivity contribution >= 4 is 33.2 Å². The smallest absolute Gasteiger partial charge is 0.159 e. The molecule has 7 aromatic carbocycles. The lowest BCUT2D eigenvalue weighted by Gasteiger charge is -2.26. The molecule has 3 nitrogen and oxygen atoms in total. The van der Waals surface area contributed by atoms with E-state index in [0.717, 1.165) is 28.4 Å². The third-order valence-corrected chi connectivity index (χ3v) is 9.94. The molecule has 7 aromatic rings. The van der Waals surface area contributed by atoms with Gasteiger partial charge >= 0.3 is 0 Å². The van der Waals surface area contributed by atoms with Crippen LogP contribution in [0.3, 0.4) is 0 Å². The van der Waals surface area contributed by atoms with Gasteiger partial charge in [0.25, 0.3) is 0 Å². The fourth-order valence-electron chi connectivity index (χ4n) is 7.64. The molecule has 1 heterocycles. The number of hydrogen-bond donors (Lipinski definition) is 1. The predicted octanol–water partition coefficient (Wildman–Crippen LogP) is 10.5. The van der Waals surface area contributed by atoms with Crippen molar-refractivity contribution in [1.29, 1.82) is 0 Å². The van der Waals surface area contributed by atoms with Crippen LogP contribution in [0.4, 0.5) is 0 Å². The standard InChI is InChI=1S/C44H33N3/c1-44(2)37-24-14-13-23-36(37)40-38(44)27-30-19-9-10-20-31(30)39(40)34-25-26-35(33-22-12-11-21-32(33)34)43-46-41(28-15-5-3-6-16-28)45-42(47-43)29-17-7-4-8-18-29/h3-27,43H,1-2H3,(H,45,46,47). The molecule has 0 saturated heterocycles. The normalized spacial score (nSPS) is 16.3. The van der Waals surface area contributed by atoms with Crippen molar-refractivity contribution in [2.75, 3.05) is 0 Å². The summed E-state index contributed by atoms with van der Waals surface area (Å²) in [7, 11) is 0. The molecule has 0 amide bonds. The van der Waals surface area contributed by atoms with E-state index >= 15 is 0 Å². The lowest BCUT2D eigenvalue weighted by molar-refractivity contribution is 0.661. The number of hydrogen-bond acceptors (Lipinski definition) is 3. The van der Waals surface area contributed by atoms with Crippen molar-refractivity contribution in [3.8, 4) is 22.3 Å². The van der Waals surface area contributed by atoms with E-state index in [2.05, 4.69) is 147 Å². The third kappa shape index (κ3) is 4.34. The maximum Gasteiger partial charge on any atom is 0.159 e. The largest absolute Gasteiger partial charge is 0.344 e. The lowest BCUT2D eigenvalue weighted by atomic mass is 9.80. The van der Waals surface area contributed by atoms with Crippen LogP contribution in [0.15, 0.2) is 162 Å². The SMILES string of the molecule is CC1(C)c2ccccc2-c2c1cc1ccccc1c2-c1ccc(C2N=C(c3ccccc3)N=C(c3ccccc3)N2)c2ccccc12. The third-order valence-electron chi connectivity index (χ3n) is 9.94. The van der Waals surface area contributed by atoms with Crippen LogP contribution in [0.1, 0.15) is 47.8 Å².